The largest absolute Gasteiger partial charge is 0.499 e. The van der Waals surface area contributed by atoms with Crippen molar-refractivity contribution in [3.63, 3.8) is 0 Å². The number of aryl methyl sites for hydroxylation is 1. The molecule has 0 N–H and O–H groups in total. The summed E-state index contributed by atoms with van der Waals surface area (Å²) in [7, 11) is 0. The Morgan fingerprint density at radius 2 is 1.41 bits per heavy atom. The fourth-order valence-electron chi connectivity index (χ4n) is 5.25. The van der Waals surface area contributed by atoms with Crippen LogP contribution in [0.25, 0.3) is 38.8 Å². The summed E-state index contributed by atoms with van der Waals surface area (Å²) < 4.78 is 6.29. The van der Waals surface area contributed by atoms with Crippen LogP contribution in [-0.4, -0.2) is 24.7 Å². The number of hydrogen-bond donors (Lipinski definition) is 0. The number of pyridine rings is 1. The average Bonchev–Trinajstić information content (AvgIpc) is 3.70. The molecule has 5 aromatic carbocycles. The Labute approximate surface area is 270 Å². The van der Waals surface area contributed by atoms with Crippen LogP contribution in [0, 0.1) is 19.1 Å². The van der Waals surface area contributed by atoms with Crippen LogP contribution in [0.3, 0.4) is 0 Å². The molecule has 3 heterocycles. The standard InChI is InChI=1S/C27H18N3.C12H10N.Ir/c1-3-9-21(10-4-1)28-17-18-29(20-28)23-15-16-25-24-13-7-8-14-26(24)30(27(25)19-23)22-11-5-2-6-12-22;1-10-7-8-12(13-9-10)11-5-3-2-4-6-11;/h1-14,16-19H;2-5,7-9H,1H3;/q+1;-1;. The third kappa shape index (κ3) is 5.86. The van der Waals surface area contributed by atoms with Crippen LogP contribution in [0.5, 0.6) is 0 Å². The van der Waals surface area contributed by atoms with E-state index in [2.05, 4.69) is 107 Å². The van der Waals surface area contributed by atoms with Gasteiger partial charge < -0.3 is 9.55 Å². The second-order valence-corrected chi connectivity index (χ2v) is 10.3. The molecule has 213 valence electrons. The summed E-state index contributed by atoms with van der Waals surface area (Å²) in [5.41, 5.74) is 8.74. The molecule has 0 fully saturated rings. The first-order chi connectivity index (χ1) is 21.2. The molecule has 7 aromatic rings. The fraction of sp³-hybridized carbons (Fsp3) is 0.0256. The van der Waals surface area contributed by atoms with Crippen molar-refractivity contribution >= 4 is 39.2 Å². The third-order valence-corrected chi connectivity index (χ3v) is 7.37. The van der Waals surface area contributed by atoms with Crippen LogP contribution >= 0.6 is 0 Å². The summed E-state index contributed by atoms with van der Waals surface area (Å²) in [6.45, 7) is 2.03. The van der Waals surface area contributed by atoms with E-state index in [9.17, 15) is 0 Å². The van der Waals surface area contributed by atoms with Gasteiger partial charge in [-0.25, -0.2) is 0 Å². The zero-order chi connectivity index (χ0) is 29.0. The maximum absolute atomic E-state index is 4.32. The summed E-state index contributed by atoms with van der Waals surface area (Å²) in [4.78, 5) is 4.32. The molecule has 0 aliphatic carbocycles. The van der Waals surface area contributed by atoms with E-state index in [4.69, 9.17) is 0 Å². The molecule has 1 aliphatic rings. The number of hydrogen-bond acceptors (Lipinski definition) is 1. The Morgan fingerprint density at radius 3 is 2.16 bits per heavy atom. The summed E-state index contributed by atoms with van der Waals surface area (Å²) in [6, 6.07) is 55.5. The molecule has 0 unspecified atom stereocenters. The predicted octanol–water partition coefficient (Wildman–Crippen LogP) is 9.09. The molecular weight excluding hydrogens is 717 g/mol. The van der Waals surface area contributed by atoms with Gasteiger partial charge >= 0.3 is 6.01 Å². The van der Waals surface area contributed by atoms with Crippen LogP contribution in [0.4, 0.5) is 11.4 Å². The van der Waals surface area contributed by atoms with Crippen molar-refractivity contribution in [1.82, 2.24) is 9.55 Å². The van der Waals surface area contributed by atoms with Crippen molar-refractivity contribution in [1.29, 1.82) is 0 Å². The van der Waals surface area contributed by atoms with Crippen molar-refractivity contribution in [2.24, 2.45) is 0 Å². The molecular formula is C39H28IrN4. The number of aromatic nitrogens is 2. The molecule has 1 radical (unpaired) electrons. The Balaban J connectivity index is 0.000000207. The van der Waals surface area contributed by atoms with Gasteiger partial charge in [0.2, 0.25) is 5.69 Å². The minimum atomic E-state index is 0. The maximum Gasteiger partial charge on any atom is 0.499 e. The number of rotatable bonds is 4. The van der Waals surface area contributed by atoms with Crippen molar-refractivity contribution in [3.8, 4) is 16.9 Å². The Morgan fingerprint density at radius 1 is 0.682 bits per heavy atom. The van der Waals surface area contributed by atoms with Crippen molar-refractivity contribution in [2.75, 3.05) is 0 Å². The first-order valence-electron chi connectivity index (χ1n) is 14.2. The van der Waals surface area contributed by atoms with E-state index in [-0.39, 0.29) is 20.1 Å². The number of benzene rings is 5. The van der Waals surface area contributed by atoms with Gasteiger partial charge in [-0.2, -0.15) is 6.07 Å². The van der Waals surface area contributed by atoms with Crippen LogP contribution < -0.4 is 0 Å². The fourth-order valence-corrected chi connectivity index (χ4v) is 5.25. The molecule has 2 aromatic heterocycles. The second-order valence-electron chi connectivity index (χ2n) is 10.3. The van der Waals surface area contributed by atoms with E-state index in [1.807, 2.05) is 89.3 Å². The average molecular weight is 745 g/mol. The molecule has 0 saturated heterocycles. The Bertz CT molecular complexity index is 2140. The molecule has 0 atom stereocenters. The molecule has 1 aliphatic heterocycles. The molecule has 8 rings (SSSR count). The van der Waals surface area contributed by atoms with E-state index in [0.717, 1.165) is 33.8 Å². The van der Waals surface area contributed by atoms with Crippen LogP contribution in [0.2, 0.25) is 0 Å². The second kappa shape index (κ2) is 13.0. The van der Waals surface area contributed by atoms with Crippen molar-refractivity contribution < 1.29 is 29.3 Å². The quantitative estimate of drug-likeness (QED) is 0.130. The van der Waals surface area contributed by atoms with E-state index >= 15 is 0 Å². The third-order valence-electron chi connectivity index (χ3n) is 7.37. The van der Waals surface area contributed by atoms with Gasteiger partial charge in [0.1, 0.15) is 5.69 Å². The first kappa shape index (κ1) is 28.9. The SMILES string of the molecule is C1=[N+](c2[c-]cc3c4ccccc4n(-c4ccccc4)c3c2)C=C[N+]=1c1ccccc1.Cc1ccc(-c2[c-]cccc2)nc1.[Ir]. The van der Waals surface area contributed by atoms with Crippen molar-refractivity contribution in [3.05, 3.63) is 170 Å². The number of para-hydroxylation sites is 3. The van der Waals surface area contributed by atoms with Crippen molar-refractivity contribution in [2.45, 2.75) is 6.92 Å². The number of nitrogens with zero attached hydrogens (tertiary/aromatic N) is 4. The zero-order valence-corrected chi connectivity index (χ0v) is 26.5. The molecule has 44 heavy (non-hydrogen) atoms. The topological polar surface area (TPSA) is 23.8 Å². The molecule has 0 bridgehead atoms. The molecule has 5 heteroatoms. The van der Waals surface area contributed by atoms with Gasteiger partial charge in [0.25, 0.3) is 12.4 Å². The van der Waals surface area contributed by atoms with Crippen LogP contribution in [0.15, 0.2) is 152 Å². The van der Waals surface area contributed by atoms with E-state index in [1.54, 1.807) is 0 Å². The normalized spacial score (nSPS) is 11.8. The van der Waals surface area contributed by atoms with Gasteiger partial charge in [0.05, 0.1) is 0 Å². The molecule has 0 spiro atoms. The van der Waals surface area contributed by atoms with Gasteiger partial charge in [-0.05, 0) is 47.3 Å². The number of fused-ring (bicyclic) bond motifs is 3. The van der Waals surface area contributed by atoms with Gasteiger partial charge in [0.15, 0.2) is 0 Å². The van der Waals surface area contributed by atoms with E-state index in [1.165, 1.54) is 21.9 Å². The summed E-state index contributed by atoms with van der Waals surface area (Å²) >= 11 is 0. The molecule has 0 amide bonds. The minimum absolute atomic E-state index is 0. The predicted molar refractivity (Wildman–Crippen MR) is 173 cm³/mol. The monoisotopic (exact) mass is 745 g/mol. The molecule has 4 nitrogen and oxygen atoms in total. The Kier molecular flexibility index (Phi) is 8.54. The maximum atomic E-state index is 4.32. The van der Waals surface area contributed by atoms with Gasteiger partial charge in [-0.3, -0.25) is 0 Å². The van der Waals surface area contributed by atoms with Crippen LogP contribution in [0.1, 0.15) is 5.56 Å². The van der Waals surface area contributed by atoms with Crippen LogP contribution in [-0.2, 0) is 20.1 Å². The smallest absolute Gasteiger partial charge is 0.334 e. The van der Waals surface area contributed by atoms with Gasteiger partial charge in [0, 0.05) is 49.6 Å². The minimum Gasteiger partial charge on any atom is -0.334 e. The summed E-state index contributed by atoms with van der Waals surface area (Å²) in [6.07, 6.45) is 5.90. The van der Waals surface area contributed by atoms with E-state index < -0.39 is 0 Å². The summed E-state index contributed by atoms with van der Waals surface area (Å²) in [5, 5.41) is 2.43. The Hall–Kier alpha value is -5.18. The molecule has 0 saturated carbocycles. The van der Waals surface area contributed by atoms with Gasteiger partial charge in [-0.15, -0.1) is 47.3 Å². The zero-order valence-electron chi connectivity index (χ0n) is 24.1. The van der Waals surface area contributed by atoms with E-state index in [0.29, 0.717) is 0 Å². The van der Waals surface area contributed by atoms with Gasteiger partial charge in [-0.1, -0.05) is 81.9 Å². The first-order valence-corrected chi connectivity index (χ1v) is 14.2. The summed E-state index contributed by atoms with van der Waals surface area (Å²) in [5.74, 6) is 0.